The lowest BCUT2D eigenvalue weighted by Crippen LogP contribution is -2.41. The van der Waals surface area contributed by atoms with Crippen molar-refractivity contribution in [1.29, 1.82) is 0 Å². The van der Waals surface area contributed by atoms with Crippen LogP contribution in [0.4, 0.5) is 9.18 Å². The highest BCUT2D eigenvalue weighted by Crippen LogP contribution is 2.31. The van der Waals surface area contributed by atoms with Gasteiger partial charge in [0.25, 0.3) is 0 Å². The molecule has 2 aromatic rings. The van der Waals surface area contributed by atoms with Crippen molar-refractivity contribution in [3.63, 3.8) is 0 Å². The molecular formula is C23H30FN3O6. The molecule has 0 spiro atoms. The number of benzene rings is 1. The Kier molecular flexibility index (Phi) is 7.91. The number of nitrogens with zero attached hydrogens (tertiary/aromatic N) is 3. The molecule has 33 heavy (non-hydrogen) atoms. The predicted octanol–water partition coefficient (Wildman–Crippen LogP) is 4.43. The van der Waals surface area contributed by atoms with Crippen molar-refractivity contribution in [3.8, 4) is 23.3 Å². The summed E-state index contributed by atoms with van der Waals surface area (Å²) in [4.78, 5) is 20.7. The lowest BCUT2D eigenvalue weighted by molar-refractivity contribution is -0.0163. The quantitative estimate of drug-likeness (QED) is 0.574. The molecule has 10 heteroatoms. The molecule has 0 atom stereocenters. The number of amides is 1. The van der Waals surface area contributed by atoms with Crippen molar-refractivity contribution in [1.82, 2.24) is 14.9 Å². The zero-order valence-corrected chi connectivity index (χ0v) is 19.3. The van der Waals surface area contributed by atoms with E-state index in [4.69, 9.17) is 24.1 Å². The molecule has 1 saturated heterocycles. The van der Waals surface area contributed by atoms with Gasteiger partial charge in [0, 0.05) is 32.0 Å². The van der Waals surface area contributed by atoms with Gasteiger partial charge in [-0.1, -0.05) is 0 Å². The summed E-state index contributed by atoms with van der Waals surface area (Å²) >= 11 is 0. The first kappa shape index (κ1) is 24.5. The summed E-state index contributed by atoms with van der Waals surface area (Å²) in [5, 5.41) is 9.06. The number of aromatic nitrogens is 2. The van der Waals surface area contributed by atoms with Crippen LogP contribution in [0.3, 0.4) is 0 Å². The Morgan fingerprint density at radius 2 is 1.88 bits per heavy atom. The van der Waals surface area contributed by atoms with E-state index in [1.165, 1.54) is 23.4 Å². The molecule has 1 aromatic heterocycles. The van der Waals surface area contributed by atoms with Crippen LogP contribution in [0.2, 0.25) is 0 Å². The summed E-state index contributed by atoms with van der Waals surface area (Å²) in [5.41, 5.74) is 0.261. The van der Waals surface area contributed by atoms with E-state index in [-0.39, 0.29) is 23.3 Å². The SMILES string of the molecule is Cc1c(Oc2ccc(OCCOC(C)(C)C)cc2F)ncnc1OC1CCN(C(=O)O)CC1. The monoisotopic (exact) mass is 463 g/mol. The van der Waals surface area contributed by atoms with Gasteiger partial charge in [-0.25, -0.2) is 19.2 Å². The van der Waals surface area contributed by atoms with Gasteiger partial charge in [-0.2, -0.15) is 0 Å². The number of ether oxygens (including phenoxy) is 4. The molecule has 3 rings (SSSR count). The molecule has 1 fully saturated rings. The second-order valence-corrected chi connectivity index (χ2v) is 8.70. The number of carbonyl (C=O) groups is 1. The molecule has 0 radical (unpaired) electrons. The highest BCUT2D eigenvalue weighted by Gasteiger charge is 2.25. The standard InChI is InChI=1S/C23H30FN3O6/c1-15-20(32-16-7-9-27(10-8-16)22(28)29)25-14-26-21(15)33-19-6-5-17(13-18(19)24)30-11-12-31-23(2,3)4/h5-6,13-14,16H,7-12H2,1-4H3,(H,28,29). The minimum Gasteiger partial charge on any atom is -0.491 e. The van der Waals surface area contributed by atoms with E-state index >= 15 is 0 Å². The van der Waals surface area contributed by atoms with E-state index in [0.29, 0.717) is 56.3 Å². The Morgan fingerprint density at radius 1 is 1.18 bits per heavy atom. The molecule has 9 nitrogen and oxygen atoms in total. The average molecular weight is 464 g/mol. The van der Waals surface area contributed by atoms with Crippen LogP contribution in [0.15, 0.2) is 24.5 Å². The third kappa shape index (κ3) is 7.18. The highest BCUT2D eigenvalue weighted by molar-refractivity contribution is 5.65. The van der Waals surface area contributed by atoms with Gasteiger partial charge < -0.3 is 29.0 Å². The summed E-state index contributed by atoms with van der Waals surface area (Å²) in [6.07, 6.45) is 1.30. The topological polar surface area (TPSA) is 103 Å². The van der Waals surface area contributed by atoms with Crippen molar-refractivity contribution in [2.45, 2.75) is 52.2 Å². The predicted molar refractivity (Wildman–Crippen MR) is 118 cm³/mol. The van der Waals surface area contributed by atoms with Crippen molar-refractivity contribution in [3.05, 3.63) is 35.9 Å². The van der Waals surface area contributed by atoms with Gasteiger partial charge in [-0.05, 0) is 39.8 Å². The van der Waals surface area contributed by atoms with Crippen LogP contribution in [-0.4, -0.2) is 64.1 Å². The van der Waals surface area contributed by atoms with Gasteiger partial charge in [0.1, 0.15) is 24.8 Å². The van der Waals surface area contributed by atoms with Gasteiger partial charge in [0.05, 0.1) is 17.8 Å². The Morgan fingerprint density at radius 3 is 2.52 bits per heavy atom. The van der Waals surface area contributed by atoms with E-state index in [1.54, 1.807) is 13.0 Å². The minimum absolute atomic E-state index is 0.00388. The summed E-state index contributed by atoms with van der Waals surface area (Å²) in [6.45, 7) is 9.06. The molecule has 1 aromatic carbocycles. The largest absolute Gasteiger partial charge is 0.491 e. The fourth-order valence-electron chi connectivity index (χ4n) is 3.23. The van der Waals surface area contributed by atoms with Crippen LogP contribution in [0.5, 0.6) is 23.3 Å². The molecular weight excluding hydrogens is 433 g/mol. The van der Waals surface area contributed by atoms with Crippen LogP contribution in [0.1, 0.15) is 39.2 Å². The molecule has 180 valence electrons. The Bertz CT molecular complexity index is 958. The van der Waals surface area contributed by atoms with Gasteiger partial charge in [-0.3, -0.25) is 0 Å². The third-order valence-corrected chi connectivity index (χ3v) is 4.98. The minimum atomic E-state index is -0.931. The highest BCUT2D eigenvalue weighted by atomic mass is 19.1. The Balaban J connectivity index is 1.59. The first-order valence-electron chi connectivity index (χ1n) is 10.8. The Hall–Kier alpha value is -3.14. The molecule has 0 unspecified atom stereocenters. The van der Waals surface area contributed by atoms with E-state index in [1.807, 2.05) is 20.8 Å². The first-order valence-corrected chi connectivity index (χ1v) is 10.8. The summed E-state index contributed by atoms with van der Waals surface area (Å²) in [6, 6.07) is 4.33. The number of halogens is 1. The lowest BCUT2D eigenvalue weighted by Gasteiger charge is -2.30. The van der Waals surface area contributed by atoms with E-state index in [9.17, 15) is 9.18 Å². The molecule has 0 saturated carbocycles. The van der Waals surface area contributed by atoms with Gasteiger partial charge in [0.15, 0.2) is 11.6 Å². The summed E-state index contributed by atoms with van der Waals surface area (Å²) < 4.78 is 37.3. The number of rotatable bonds is 8. The lowest BCUT2D eigenvalue weighted by atomic mass is 10.1. The van der Waals surface area contributed by atoms with E-state index in [2.05, 4.69) is 9.97 Å². The maximum atomic E-state index is 14.6. The number of likely N-dealkylation sites (tertiary alicyclic amines) is 1. The third-order valence-electron chi connectivity index (χ3n) is 4.98. The van der Waals surface area contributed by atoms with E-state index in [0.717, 1.165) is 0 Å². The van der Waals surface area contributed by atoms with Crippen LogP contribution in [-0.2, 0) is 4.74 Å². The fourth-order valence-corrected chi connectivity index (χ4v) is 3.23. The zero-order chi connectivity index (χ0) is 24.0. The smallest absolute Gasteiger partial charge is 0.407 e. The second-order valence-electron chi connectivity index (χ2n) is 8.70. The van der Waals surface area contributed by atoms with Crippen LogP contribution in [0.25, 0.3) is 0 Å². The summed E-state index contributed by atoms with van der Waals surface area (Å²) in [5.74, 6) is 0.275. The maximum Gasteiger partial charge on any atom is 0.407 e. The maximum absolute atomic E-state index is 14.6. The van der Waals surface area contributed by atoms with Crippen molar-refractivity contribution >= 4 is 6.09 Å². The molecule has 0 bridgehead atoms. The van der Waals surface area contributed by atoms with Crippen LogP contribution in [0, 0.1) is 12.7 Å². The Labute approximate surface area is 192 Å². The average Bonchev–Trinajstić information content (AvgIpc) is 2.75. The number of hydrogen-bond donors (Lipinski definition) is 1. The van der Waals surface area contributed by atoms with Crippen LogP contribution < -0.4 is 14.2 Å². The molecule has 1 aliphatic heterocycles. The van der Waals surface area contributed by atoms with Crippen molar-refractivity contribution < 1.29 is 33.2 Å². The van der Waals surface area contributed by atoms with Gasteiger partial charge in [-0.15, -0.1) is 0 Å². The molecule has 1 aliphatic rings. The number of hydrogen-bond acceptors (Lipinski definition) is 7. The normalized spacial score (nSPS) is 14.8. The molecule has 0 aliphatic carbocycles. The second kappa shape index (κ2) is 10.7. The van der Waals surface area contributed by atoms with Gasteiger partial charge in [0.2, 0.25) is 11.8 Å². The number of carboxylic acid groups (broad SMARTS) is 1. The first-order chi connectivity index (χ1) is 15.6. The molecule has 1 amide bonds. The molecule has 2 heterocycles. The van der Waals surface area contributed by atoms with Crippen molar-refractivity contribution in [2.24, 2.45) is 0 Å². The fraction of sp³-hybridized carbons (Fsp3) is 0.522. The van der Waals surface area contributed by atoms with Crippen LogP contribution >= 0.6 is 0 Å². The number of piperidine rings is 1. The zero-order valence-electron chi connectivity index (χ0n) is 19.3. The molecule has 1 N–H and O–H groups in total. The van der Waals surface area contributed by atoms with Crippen molar-refractivity contribution in [2.75, 3.05) is 26.3 Å². The van der Waals surface area contributed by atoms with Gasteiger partial charge >= 0.3 is 6.09 Å². The van der Waals surface area contributed by atoms with E-state index < -0.39 is 11.9 Å². The summed E-state index contributed by atoms with van der Waals surface area (Å²) in [7, 11) is 0.